The van der Waals surface area contributed by atoms with E-state index in [4.69, 9.17) is 17.3 Å². The minimum Gasteiger partial charge on any atom is -0.348 e. The summed E-state index contributed by atoms with van der Waals surface area (Å²) in [5.41, 5.74) is 6.71. The fourth-order valence-corrected chi connectivity index (χ4v) is 2.20. The smallest absolute Gasteiger partial charge is 0.273 e. The normalized spacial score (nSPS) is 12.1. The van der Waals surface area contributed by atoms with E-state index in [-0.39, 0.29) is 17.6 Å². The van der Waals surface area contributed by atoms with Gasteiger partial charge in [0, 0.05) is 17.6 Å². The van der Waals surface area contributed by atoms with Gasteiger partial charge in [-0.1, -0.05) is 35.0 Å². The van der Waals surface area contributed by atoms with Gasteiger partial charge in [0.25, 0.3) is 5.91 Å². The number of hydrogen-bond donors (Lipinski definition) is 2. The average molecular weight is 308 g/mol. The van der Waals surface area contributed by atoms with Crippen molar-refractivity contribution in [1.29, 1.82) is 0 Å². The van der Waals surface area contributed by atoms with Gasteiger partial charge in [0.2, 0.25) is 0 Å². The van der Waals surface area contributed by atoms with E-state index in [9.17, 15) is 4.79 Å². The predicted molar refractivity (Wildman–Crippen MR) is 81.2 cm³/mol. The topological polar surface area (TPSA) is 85.8 Å². The van der Waals surface area contributed by atoms with Gasteiger partial charge in [0.05, 0.1) is 12.7 Å². The lowest BCUT2D eigenvalue weighted by Gasteiger charge is -2.13. The molecule has 2 aromatic rings. The minimum atomic E-state index is -0.252. The highest BCUT2D eigenvalue weighted by Gasteiger charge is 2.14. The molecular weight excluding hydrogens is 290 g/mol. The van der Waals surface area contributed by atoms with E-state index in [1.54, 1.807) is 10.9 Å². The van der Waals surface area contributed by atoms with E-state index in [1.807, 2.05) is 31.2 Å². The summed E-state index contributed by atoms with van der Waals surface area (Å²) in [6, 6.07) is 7.53. The molecule has 21 heavy (non-hydrogen) atoms. The zero-order valence-corrected chi connectivity index (χ0v) is 12.5. The molecular formula is C14H18ClN5O. The van der Waals surface area contributed by atoms with Crippen LogP contribution in [0.15, 0.2) is 30.5 Å². The zero-order valence-electron chi connectivity index (χ0n) is 11.8. The van der Waals surface area contributed by atoms with Crippen LogP contribution in [0, 0.1) is 0 Å². The van der Waals surface area contributed by atoms with E-state index in [2.05, 4.69) is 15.6 Å². The number of amides is 1. The van der Waals surface area contributed by atoms with Crippen molar-refractivity contribution in [2.75, 3.05) is 6.54 Å². The lowest BCUT2D eigenvalue weighted by Crippen LogP contribution is -2.34. The maximum Gasteiger partial charge on any atom is 0.273 e. The summed E-state index contributed by atoms with van der Waals surface area (Å²) in [6.45, 7) is 2.91. The van der Waals surface area contributed by atoms with Gasteiger partial charge in [0.15, 0.2) is 5.69 Å². The number of nitrogens with one attached hydrogen (secondary N) is 1. The molecule has 1 amide bonds. The second-order valence-corrected chi connectivity index (χ2v) is 5.23. The first kappa shape index (κ1) is 15.5. The molecule has 0 aliphatic rings. The fourth-order valence-electron chi connectivity index (χ4n) is 1.99. The molecule has 1 heterocycles. The van der Waals surface area contributed by atoms with Crippen molar-refractivity contribution >= 4 is 17.5 Å². The highest BCUT2D eigenvalue weighted by Crippen LogP contribution is 2.16. The van der Waals surface area contributed by atoms with Crippen molar-refractivity contribution in [2.24, 2.45) is 5.73 Å². The molecule has 2 rings (SSSR count). The molecule has 6 nitrogen and oxygen atoms in total. The zero-order chi connectivity index (χ0) is 15.2. The summed E-state index contributed by atoms with van der Waals surface area (Å²) >= 11 is 6.11. The summed E-state index contributed by atoms with van der Waals surface area (Å²) in [4.78, 5) is 12.1. The third-order valence-electron chi connectivity index (χ3n) is 2.99. The molecule has 1 unspecified atom stereocenters. The van der Waals surface area contributed by atoms with Crippen LogP contribution in [0.1, 0.15) is 23.0 Å². The first-order valence-electron chi connectivity index (χ1n) is 6.74. The van der Waals surface area contributed by atoms with Gasteiger partial charge < -0.3 is 11.1 Å². The first-order chi connectivity index (χ1) is 10.1. The summed E-state index contributed by atoms with van der Waals surface area (Å²) in [5.74, 6) is -0.252. The molecule has 112 valence electrons. The number of carbonyl (C=O) groups is 1. The Labute approximate surface area is 128 Å². The van der Waals surface area contributed by atoms with Crippen LogP contribution in [-0.2, 0) is 13.0 Å². The van der Waals surface area contributed by atoms with E-state index in [1.165, 1.54) is 0 Å². The maximum absolute atomic E-state index is 12.1. The molecule has 0 radical (unpaired) electrons. The summed E-state index contributed by atoms with van der Waals surface area (Å²) in [6.07, 6.45) is 2.24. The third-order valence-corrected chi connectivity index (χ3v) is 3.36. The molecule has 1 atom stereocenters. The fraction of sp³-hybridized carbons (Fsp3) is 0.357. The van der Waals surface area contributed by atoms with Gasteiger partial charge in [-0.15, -0.1) is 5.10 Å². The van der Waals surface area contributed by atoms with Crippen molar-refractivity contribution in [1.82, 2.24) is 20.3 Å². The largest absolute Gasteiger partial charge is 0.348 e. The second kappa shape index (κ2) is 7.19. The average Bonchev–Trinajstić information content (AvgIpc) is 2.90. The number of benzene rings is 1. The summed E-state index contributed by atoms with van der Waals surface area (Å²) in [5, 5.41) is 11.3. The van der Waals surface area contributed by atoms with Crippen molar-refractivity contribution in [3.63, 3.8) is 0 Å². The summed E-state index contributed by atoms with van der Waals surface area (Å²) < 4.78 is 1.55. The molecule has 0 saturated heterocycles. The third kappa shape index (κ3) is 4.27. The molecule has 0 spiro atoms. The molecule has 0 fully saturated rings. The van der Waals surface area contributed by atoms with E-state index in [0.717, 1.165) is 5.56 Å². The Bertz CT molecular complexity index is 613. The van der Waals surface area contributed by atoms with Gasteiger partial charge >= 0.3 is 0 Å². The Morgan fingerprint density at radius 3 is 2.95 bits per heavy atom. The van der Waals surface area contributed by atoms with Crippen LogP contribution >= 0.6 is 11.6 Å². The number of nitrogens with zero attached hydrogens (tertiary/aromatic N) is 3. The van der Waals surface area contributed by atoms with Crippen molar-refractivity contribution in [3.8, 4) is 0 Å². The van der Waals surface area contributed by atoms with Crippen molar-refractivity contribution < 1.29 is 4.79 Å². The van der Waals surface area contributed by atoms with Crippen LogP contribution in [-0.4, -0.2) is 33.5 Å². The van der Waals surface area contributed by atoms with Crippen LogP contribution in [0.3, 0.4) is 0 Å². The van der Waals surface area contributed by atoms with Gasteiger partial charge in [-0.05, 0) is 25.0 Å². The number of rotatable bonds is 6. The van der Waals surface area contributed by atoms with Crippen LogP contribution in [0.2, 0.25) is 5.02 Å². The van der Waals surface area contributed by atoms with E-state index >= 15 is 0 Å². The Hall–Kier alpha value is -1.92. The SMILES string of the molecule is CC(Cc1ccccc1Cl)NC(=O)c1cn(CCN)nn1. The maximum atomic E-state index is 12.1. The number of carbonyl (C=O) groups excluding carboxylic acids is 1. The Morgan fingerprint density at radius 2 is 2.24 bits per heavy atom. The number of hydrogen-bond acceptors (Lipinski definition) is 4. The molecule has 0 aliphatic carbocycles. The quantitative estimate of drug-likeness (QED) is 0.841. The Kier molecular flexibility index (Phi) is 5.30. The number of halogens is 1. The summed E-state index contributed by atoms with van der Waals surface area (Å²) in [7, 11) is 0. The second-order valence-electron chi connectivity index (χ2n) is 4.83. The predicted octanol–water partition coefficient (Wildman–Crippen LogP) is 1.25. The minimum absolute atomic E-state index is 0.0583. The first-order valence-corrected chi connectivity index (χ1v) is 7.12. The van der Waals surface area contributed by atoms with Crippen LogP contribution in [0.4, 0.5) is 0 Å². The highest BCUT2D eigenvalue weighted by molar-refractivity contribution is 6.31. The van der Waals surface area contributed by atoms with E-state index < -0.39 is 0 Å². The van der Waals surface area contributed by atoms with Crippen LogP contribution < -0.4 is 11.1 Å². The standard InChI is InChI=1S/C14H18ClN5O/c1-10(8-11-4-2-3-5-12(11)15)17-14(21)13-9-20(7-6-16)19-18-13/h2-5,9-10H,6-8,16H2,1H3,(H,17,21). The molecule has 1 aromatic heterocycles. The van der Waals surface area contributed by atoms with Gasteiger partial charge in [-0.3, -0.25) is 9.48 Å². The molecule has 1 aromatic carbocycles. The monoisotopic (exact) mass is 307 g/mol. The van der Waals surface area contributed by atoms with Gasteiger partial charge in [0.1, 0.15) is 0 Å². The molecule has 0 aliphatic heterocycles. The Balaban J connectivity index is 1.94. The highest BCUT2D eigenvalue weighted by atomic mass is 35.5. The van der Waals surface area contributed by atoms with E-state index in [0.29, 0.717) is 24.5 Å². The lowest BCUT2D eigenvalue weighted by molar-refractivity contribution is 0.0935. The molecule has 7 heteroatoms. The number of nitrogens with two attached hydrogens (primary N) is 1. The van der Waals surface area contributed by atoms with Gasteiger partial charge in [-0.2, -0.15) is 0 Å². The van der Waals surface area contributed by atoms with Gasteiger partial charge in [-0.25, -0.2) is 0 Å². The number of aromatic nitrogens is 3. The molecule has 0 bridgehead atoms. The van der Waals surface area contributed by atoms with Crippen LogP contribution in [0.25, 0.3) is 0 Å². The van der Waals surface area contributed by atoms with Crippen molar-refractivity contribution in [3.05, 3.63) is 46.7 Å². The molecule has 0 saturated carbocycles. The molecule has 3 N–H and O–H groups in total. The lowest BCUT2D eigenvalue weighted by atomic mass is 10.1. The van der Waals surface area contributed by atoms with Crippen molar-refractivity contribution in [2.45, 2.75) is 25.9 Å². The van der Waals surface area contributed by atoms with Crippen LogP contribution in [0.5, 0.6) is 0 Å². The Morgan fingerprint density at radius 1 is 1.48 bits per heavy atom.